The van der Waals surface area contributed by atoms with E-state index in [2.05, 4.69) is 0 Å². The van der Waals surface area contributed by atoms with E-state index < -0.39 is 29.3 Å². The van der Waals surface area contributed by atoms with Crippen LogP contribution in [0.5, 0.6) is 5.75 Å². The molecule has 2 fully saturated rings. The van der Waals surface area contributed by atoms with E-state index >= 15 is 0 Å². The van der Waals surface area contributed by atoms with Gasteiger partial charge < -0.3 is 14.1 Å². The highest BCUT2D eigenvalue weighted by molar-refractivity contribution is 5.97. The van der Waals surface area contributed by atoms with E-state index in [0.29, 0.717) is 16.7 Å². The van der Waals surface area contributed by atoms with Crippen molar-refractivity contribution in [2.75, 3.05) is 13.1 Å². The highest BCUT2D eigenvalue weighted by Gasteiger charge is 2.72. The maximum absolute atomic E-state index is 13.3. The van der Waals surface area contributed by atoms with E-state index in [9.17, 15) is 18.4 Å². The van der Waals surface area contributed by atoms with Gasteiger partial charge in [-0.3, -0.25) is 4.79 Å². The molecule has 132 valence electrons. The smallest absolute Gasteiger partial charge is 0.349 e. The molecule has 1 saturated heterocycles. The van der Waals surface area contributed by atoms with Gasteiger partial charge in [0.25, 0.3) is 11.8 Å². The Morgan fingerprint density at radius 1 is 1.28 bits per heavy atom. The van der Waals surface area contributed by atoms with E-state index in [1.807, 2.05) is 13.8 Å². The second kappa shape index (κ2) is 5.28. The van der Waals surface area contributed by atoms with Crippen molar-refractivity contribution in [1.29, 1.82) is 0 Å². The second-order valence-corrected chi connectivity index (χ2v) is 6.91. The average Bonchev–Trinajstić information content (AvgIpc) is 2.89. The van der Waals surface area contributed by atoms with Gasteiger partial charge in [-0.1, -0.05) is 0 Å². The summed E-state index contributed by atoms with van der Waals surface area (Å²) in [4.78, 5) is 26.0. The van der Waals surface area contributed by atoms with Crippen LogP contribution in [0.25, 0.3) is 11.0 Å². The fraction of sp³-hybridized carbons (Fsp3) is 0.444. The van der Waals surface area contributed by atoms with Gasteiger partial charge in [-0.25, -0.2) is 13.6 Å². The molecular formula is C18H17F2NO4. The summed E-state index contributed by atoms with van der Waals surface area (Å²) in [6.07, 6.45) is -0.0234. The van der Waals surface area contributed by atoms with Gasteiger partial charge in [-0.05, 0) is 32.0 Å². The van der Waals surface area contributed by atoms with Crippen molar-refractivity contribution in [2.24, 2.45) is 11.8 Å². The third kappa shape index (κ3) is 2.58. The summed E-state index contributed by atoms with van der Waals surface area (Å²) in [5.41, 5.74) is -0.586. The lowest BCUT2D eigenvalue weighted by atomic mass is 10.1. The van der Waals surface area contributed by atoms with Crippen LogP contribution >= 0.6 is 0 Å². The van der Waals surface area contributed by atoms with E-state index in [0.717, 1.165) is 0 Å². The third-order valence-corrected chi connectivity index (χ3v) is 4.80. The summed E-state index contributed by atoms with van der Waals surface area (Å²) in [6, 6.07) is 6.46. The molecule has 4 rings (SSSR count). The summed E-state index contributed by atoms with van der Waals surface area (Å²) in [7, 11) is 0. The number of amides is 1. The SMILES string of the molecule is CC(C)Oc1ccc2cc(C(=O)N3CC4C(C3)C4(F)F)c(=O)oc2c1. The molecule has 2 aromatic rings. The van der Waals surface area contributed by atoms with Crippen LogP contribution < -0.4 is 10.4 Å². The fourth-order valence-electron chi connectivity index (χ4n) is 3.43. The largest absolute Gasteiger partial charge is 0.491 e. The first-order chi connectivity index (χ1) is 11.8. The lowest BCUT2D eigenvalue weighted by Gasteiger charge is -2.19. The maximum Gasteiger partial charge on any atom is 0.349 e. The van der Waals surface area contributed by atoms with Crippen LogP contribution in [0.1, 0.15) is 24.2 Å². The molecule has 0 N–H and O–H groups in total. The molecule has 1 saturated carbocycles. The Hall–Kier alpha value is -2.44. The molecule has 1 aromatic carbocycles. The number of piperidine rings is 1. The van der Waals surface area contributed by atoms with Crippen LogP contribution in [0, 0.1) is 11.8 Å². The number of halogens is 2. The Morgan fingerprint density at radius 3 is 2.60 bits per heavy atom. The van der Waals surface area contributed by atoms with Crippen molar-refractivity contribution >= 4 is 16.9 Å². The fourth-order valence-corrected chi connectivity index (χ4v) is 3.43. The Labute approximate surface area is 142 Å². The molecule has 2 unspecified atom stereocenters. The summed E-state index contributed by atoms with van der Waals surface area (Å²) < 4.78 is 37.3. The Morgan fingerprint density at radius 2 is 1.96 bits per heavy atom. The maximum atomic E-state index is 13.3. The first kappa shape index (κ1) is 16.1. The molecule has 0 radical (unpaired) electrons. The van der Waals surface area contributed by atoms with Gasteiger partial charge in [0, 0.05) is 24.5 Å². The predicted molar refractivity (Wildman–Crippen MR) is 86.1 cm³/mol. The molecule has 1 aliphatic heterocycles. The van der Waals surface area contributed by atoms with E-state index in [-0.39, 0.29) is 24.8 Å². The van der Waals surface area contributed by atoms with E-state index in [4.69, 9.17) is 9.15 Å². The van der Waals surface area contributed by atoms with Gasteiger partial charge in [-0.15, -0.1) is 0 Å². The van der Waals surface area contributed by atoms with Gasteiger partial charge in [0.1, 0.15) is 16.9 Å². The Balaban J connectivity index is 1.61. The van der Waals surface area contributed by atoms with Crippen LogP contribution in [0.3, 0.4) is 0 Å². The molecule has 1 aliphatic carbocycles. The molecule has 2 aliphatic rings. The molecule has 1 aromatic heterocycles. The van der Waals surface area contributed by atoms with Crippen LogP contribution in [0.15, 0.2) is 33.5 Å². The van der Waals surface area contributed by atoms with Crippen molar-refractivity contribution < 1.29 is 22.7 Å². The Kier molecular flexibility index (Phi) is 3.39. The standard InChI is InChI=1S/C18H17F2NO4/c1-9(2)24-11-4-3-10-5-12(17(23)25-15(10)6-11)16(22)21-7-13-14(8-21)18(13,19)20/h3-6,9,13-14H,7-8H2,1-2H3. The lowest BCUT2D eigenvalue weighted by Crippen LogP contribution is -2.36. The number of hydrogen-bond donors (Lipinski definition) is 0. The average molecular weight is 349 g/mol. The van der Waals surface area contributed by atoms with Crippen molar-refractivity contribution in [3.8, 4) is 5.75 Å². The number of likely N-dealkylation sites (tertiary alicyclic amines) is 1. The van der Waals surface area contributed by atoms with E-state index in [1.165, 1.54) is 11.0 Å². The Bertz CT molecular complexity index is 907. The highest BCUT2D eigenvalue weighted by Crippen LogP contribution is 2.59. The summed E-state index contributed by atoms with van der Waals surface area (Å²) in [6.45, 7) is 3.73. The normalized spacial score (nSPS) is 23.8. The quantitative estimate of drug-likeness (QED) is 0.800. The number of rotatable bonds is 3. The van der Waals surface area contributed by atoms with Gasteiger partial charge >= 0.3 is 5.63 Å². The first-order valence-corrected chi connectivity index (χ1v) is 8.19. The number of carbonyl (C=O) groups excluding carboxylic acids is 1. The van der Waals surface area contributed by atoms with Crippen molar-refractivity contribution in [2.45, 2.75) is 25.9 Å². The number of ether oxygens (including phenoxy) is 1. The molecule has 5 nitrogen and oxygen atoms in total. The number of benzene rings is 1. The van der Waals surface area contributed by atoms with Crippen molar-refractivity contribution in [3.05, 3.63) is 40.2 Å². The summed E-state index contributed by atoms with van der Waals surface area (Å²) in [5.74, 6) is -4.22. The lowest BCUT2D eigenvalue weighted by molar-refractivity contribution is 0.0457. The first-order valence-electron chi connectivity index (χ1n) is 8.19. The molecule has 25 heavy (non-hydrogen) atoms. The summed E-state index contributed by atoms with van der Waals surface area (Å²) in [5, 5.41) is 0.578. The van der Waals surface area contributed by atoms with Crippen LogP contribution in [0.2, 0.25) is 0 Å². The highest BCUT2D eigenvalue weighted by atomic mass is 19.3. The molecule has 2 heterocycles. The number of carbonyl (C=O) groups is 1. The number of alkyl halides is 2. The topological polar surface area (TPSA) is 59.8 Å². The molecule has 7 heteroatoms. The number of fused-ring (bicyclic) bond motifs is 2. The molecule has 0 spiro atoms. The second-order valence-electron chi connectivity index (χ2n) is 6.91. The summed E-state index contributed by atoms with van der Waals surface area (Å²) >= 11 is 0. The molecular weight excluding hydrogens is 332 g/mol. The zero-order valence-electron chi connectivity index (χ0n) is 13.8. The molecule has 1 amide bonds. The predicted octanol–water partition coefficient (Wildman–Crippen LogP) is 2.92. The minimum absolute atomic E-state index is 0.0187. The zero-order chi connectivity index (χ0) is 17.9. The van der Waals surface area contributed by atoms with Gasteiger partial charge in [0.05, 0.1) is 17.9 Å². The monoisotopic (exact) mass is 349 g/mol. The van der Waals surface area contributed by atoms with Gasteiger partial charge in [-0.2, -0.15) is 0 Å². The number of hydrogen-bond acceptors (Lipinski definition) is 4. The van der Waals surface area contributed by atoms with Crippen LogP contribution in [-0.2, 0) is 0 Å². The third-order valence-electron chi connectivity index (χ3n) is 4.80. The minimum Gasteiger partial charge on any atom is -0.491 e. The van der Waals surface area contributed by atoms with Gasteiger partial charge in [0.2, 0.25) is 0 Å². The minimum atomic E-state index is -2.67. The van der Waals surface area contributed by atoms with E-state index in [1.54, 1.807) is 18.2 Å². The van der Waals surface area contributed by atoms with Crippen LogP contribution in [-0.4, -0.2) is 35.9 Å². The van der Waals surface area contributed by atoms with Crippen molar-refractivity contribution in [3.63, 3.8) is 0 Å². The zero-order valence-corrected chi connectivity index (χ0v) is 13.8. The van der Waals surface area contributed by atoms with Crippen LogP contribution in [0.4, 0.5) is 8.78 Å². The van der Waals surface area contributed by atoms with Gasteiger partial charge in [0.15, 0.2) is 0 Å². The molecule has 0 bridgehead atoms. The molecule has 2 atom stereocenters. The van der Waals surface area contributed by atoms with Crippen molar-refractivity contribution in [1.82, 2.24) is 4.90 Å². The number of nitrogens with zero attached hydrogens (tertiary/aromatic N) is 1.